The highest BCUT2D eigenvalue weighted by Gasteiger charge is 2.45. The van der Waals surface area contributed by atoms with Gasteiger partial charge >= 0.3 is 0 Å². The van der Waals surface area contributed by atoms with E-state index in [0.29, 0.717) is 17.4 Å². The zero-order valence-electron chi connectivity index (χ0n) is 41.0. The number of benzene rings is 2. The Bertz CT molecular complexity index is 2560. The molecule has 4 amide bonds. The van der Waals surface area contributed by atoms with Crippen LogP contribution < -0.4 is 16.0 Å². The molecule has 5 heterocycles. The summed E-state index contributed by atoms with van der Waals surface area (Å²) in [5, 5.41) is 28.9. The largest absolute Gasteiger partial charge is 0.391 e. The number of hydrogen-bond acceptors (Lipinski definition) is 14. The third-order valence-electron chi connectivity index (χ3n) is 12.8. The molecule has 20 heteroatoms. The van der Waals surface area contributed by atoms with Crippen LogP contribution in [-0.2, 0) is 33.4 Å². The maximum atomic E-state index is 14.1. The minimum Gasteiger partial charge on any atom is -0.391 e. The molecule has 7 atom stereocenters. The molecular formula is C50H64ClN9O8S2. The molecule has 2 aromatic heterocycles. The van der Waals surface area contributed by atoms with E-state index in [1.54, 1.807) is 23.1 Å². The second-order valence-electron chi connectivity index (χ2n) is 19.0. The van der Waals surface area contributed by atoms with Crippen LogP contribution in [0.25, 0.3) is 10.4 Å². The van der Waals surface area contributed by atoms with Crippen LogP contribution in [0.1, 0.15) is 100 Å². The lowest BCUT2D eigenvalue weighted by Gasteiger charge is -2.35. The number of aliphatic imine (C=N–C) groups is 1. The minimum absolute atomic E-state index is 0.0162. The summed E-state index contributed by atoms with van der Waals surface area (Å²) in [7, 11) is 0. The van der Waals surface area contributed by atoms with Gasteiger partial charge in [-0.25, -0.2) is 4.98 Å². The lowest BCUT2D eigenvalue weighted by atomic mass is 9.85. The highest BCUT2D eigenvalue weighted by atomic mass is 35.5. The average Bonchev–Trinajstić information content (AvgIpc) is 4.09. The van der Waals surface area contributed by atoms with Crippen LogP contribution in [0, 0.1) is 25.2 Å². The van der Waals surface area contributed by atoms with Gasteiger partial charge in [-0.15, -0.1) is 33.3 Å². The molecule has 3 aliphatic rings. The summed E-state index contributed by atoms with van der Waals surface area (Å²) in [5.74, 6) is -0.115. The predicted molar refractivity (Wildman–Crippen MR) is 270 cm³/mol. The Morgan fingerprint density at radius 1 is 0.886 bits per heavy atom. The van der Waals surface area contributed by atoms with Crippen LogP contribution in [0.4, 0.5) is 0 Å². The molecule has 7 rings (SSSR count). The zero-order chi connectivity index (χ0) is 50.3. The SMILES string of the molecule is CC1=C(C)C2C(c3ccc(Cl)cc3)=N[C@@H](CC(=O)NCCOCCOCCOCC(=O)N[C@H](C(=O)N3C[C@H](O)C[C@H]3C(=O)N[C@@H](C)c3ccc(-c4scnc4C)cc3)C(C)(C)C)c3nnc(C)n3C2S1. The Morgan fingerprint density at radius 3 is 2.23 bits per heavy atom. The first-order chi connectivity index (χ1) is 33.4. The van der Waals surface area contributed by atoms with Gasteiger partial charge in [-0.05, 0) is 73.8 Å². The molecule has 70 heavy (non-hydrogen) atoms. The Labute approximate surface area is 422 Å². The van der Waals surface area contributed by atoms with Gasteiger partial charge < -0.3 is 40.2 Å². The van der Waals surface area contributed by atoms with Crippen molar-refractivity contribution in [2.75, 3.05) is 52.7 Å². The van der Waals surface area contributed by atoms with Gasteiger partial charge in [0.2, 0.25) is 23.6 Å². The summed E-state index contributed by atoms with van der Waals surface area (Å²) in [6.07, 6.45) is -0.724. The van der Waals surface area contributed by atoms with E-state index >= 15 is 0 Å². The molecular weight excluding hydrogens is 954 g/mol. The number of thiazole rings is 1. The number of allylic oxidation sites excluding steroid dienone is 2. The third-order valence-corrected chi connectivity index (χ3v) is 15.4. The Hall–Kier alpha value is -5.02. The van der Waals surface area contributed by atoms with Gasteiger partial charge in [-0.3, -0.25) is 28.7 Å². The molecule has 0 saturated carbocycles. The molecule has 0 bridgehead atoms. The Kier molecular flexibility index (Phi) is 17.7. The van der Waals surface area contributed by atoms with E-state index in [1.807, 2.05) is 95.6 Å². The van der Waals surface area contributed by atoms with E-state index in [4.69, 9.17) is 30.8 Å². The van der Waals surface area contributed by atoms with Crippen LogP contribution in [0.3, 0.4) is 0 Å². The van der Waals surface area contributed by atoms with Crippen molar-refractivity contribution in [3.63, 3.8) is 0 Å². The Morgan fingerprint density at radius 2 is 1.56 bits per heavy atom. The lowest BCUT2D eigenvalue weighted by molar-refractivity contribution is -0.144. The topological polar surface area (TPSA) is 211 Å². The molecule has 4 aromatic rings. The molecule has 3 aliphatic heterocycles. The van der Waals surface area contributed by atoms with Gasteiger partial charge in [0.15, 0.2) is 5.82 Å². The van der Waals surface area contributed by atoms with Crippen molar-refractivity contribution in [3.05, 3.63) is 98.0 Å². The number of thioether (sulfide) groups is 1. The summed E-state index contributed by atoms with van der Waals surface area (Å²) < 4.78 is 19.0. The number of aliphatic hydroxyl groups is 1. The molecule has 17 nitrogen and oxygen atoms in total. The summed E-state index contributed by atoms with van der Waals surface area (Å²) in [6, 6.07) is 12.8. The number of hydrogen-bond donors (Lipinski definition) is 4. The highest BCUT2D eigenvalue weighted by Crippen LogP contribution is 2.53. The van der Waals surface area contributed by atoms with E-state index in [1.165, 1.54) is 15.4 Å². The monoisotopic (exact) mass is 1020 g/mol. The first-order valence-corrected chi connectivity index (χ1v) is 25.7. The summed E-state index contributed by atoms with van der Waals surface area (Å²) >= 11 is 9.58. The average molecular weight is 1020 g/mol. The summed E-state index contributed by atoms with van der Waals surface area (Å²) in [5.41, 5.74) is 7.06. The van der Waals surface area contributed by atoms with Crippen LogP contribution in [0.15, 0.2) is 69.5 Å². The second-order valence-corrected chi connectivity index (χ2v) is 21.6. The maximum Gasteiger partial charge on any atom is 0.246 e. The molecule has 1 fully saturated rings. The number of β-amino-alcohol motifs (C(OH)–C–C–N with tert-alkyl or cyclic N) is 1. The molecule has 0 radical (unpaired) electrons. The number of nitrogens with zero attached hydrogens (tertiary/aromatic N) is 6. The van der Waals surface area contributed by atoms with Gasteiger partial charge in [0.25, 0.3) is 0 Å². The number of amides is 4. The van der Waals surface area contributed by atoms with Crippen molar-refractivity contribution in [3.8, 4) is 10.4 Å². The van der Waals surface area contributed by atoms with Crippen molar-refractivity contribution in [2.45, 2.75) is 104 Å². The van der Waals surface area contributed by atoms with Crippen molar-refractivity contribution in [2.24, 2.45) is 16.3 Å². The highest BCUT2D eigenvalue weighted by molar-refractivity contribution is 8.03. The number of aromatic nitrogens is 4. The molecule has 2 aromatic carbocycles. The van der Waals surface area contributed by atoms with E-state index in [0.717, 1.165) is 38.8 Å². The minimum atomic E-state index is -0.989. The number of aliphatic hydroxyl groups excluding tert-OH is 1. The quantitative estimate of drug-likeness (QED) is 0.0720. The van der Waals surface area contributed by atoms with E-state index in [9.17, 15) is 24.3 Å². The number of ether oxygens (including phenoxy) is 3. The normalized spacial score (nSPS) is 20.9. The Balaban J connectivity index is 0.802. The zero-order valence-corrected chi connectivity index (χ0v) is 43.4. The van der Waals surface area contributed by atoms with Gasteiger partial charge in [0.1, 0.15) is 30.6 Å². The van der Waals surface area contributed by atoms with E-state index in [-0.39, 0.29) is 88.2 Å². The smallest absolute Gasteiger partial charge is 0.246 e. The van der Waals surface area contributed by atoms with Crippen molar-refractivity contribution in [1.29, 1.82) is 0 Å². The van der Waals surface area contributed by atoms with E-state index < -0.39 is 41.5 Å². The number of nitrogens with one attached hydrogen (secondary N) is 3. The van der Waals surface area contributed by atoms with Crippen LogP contribution in [0.2, 0.25) is 5.02 Å². The predicted octanol–water partition coefficient (Wildman–Crippen LogP) is 6.30. The van der Waals surface area contributed by atoms with Crippen molar-refractivity contribution < 1.29 is 38.5 Å². The number of likely N-dealkylation sites (tertiary alicyclic amines) is 1. The fraction of sp³-hybridized carbons (Fsp3) is 0.520. The number of fused-ring (bicyclic) bond motifs is 3. The van der Waals surface area contributed by atoms with Crippen molar-refractivity contribution in [1.82, 2.24) is 40.6 Å². The number of carbonyl (C=O) groups excluding carboxylic acids is 4. The first-order valence-electron chi connectivity index (χ1n) is 23.6. The van der Waals surface area contributed by atoms with Gasteiger partial charge in [-0.1, -0.05) is 74.3 Å². The number of aryl methyl sites for hydroxylation is 2. The van der Waals surface area contributed by atoms with Gasteiger partial charge in [0, 0.05) is 24.5 Å². The van der Waals surface area contributed by atoms with Crippen LogP contribution in [0.5, 0.6) is 0 Å². The molecule has 0 aliphatic carbocycles. The molecule has 376 valence electrons. The third kappa shape index (κ3) is 12.7. The molecule has 2 unspecified atom stereocenters. The van der Waals surface area contributed by atoms with Crippen molar-refractivity contribution >= 4 is 64.0 Å². The maximum absolute atomic E-state index is 14.1. The first kappa shape index (κ1) is 52.8. The van der Waals surface area contributed by atoms with Gasteiger partial charge in [0.05, 0.1) is 84.7 Å². The van der Waals surface area contributed by atoms with Crippen LogP contribution >= 0.6 is 34.7 Å². The lowest BCUT2D eigenvalue weighted by Crippen LogP contribution is -2.58. The molecule has 4 N–H and O–H groups in total. The standard InChI is InChI=1S/C50H64ClN9O8S2/c1-28-31(4)70-49-42(28)43(34-13-15-36(51)16-14-34)55-38(46-58-57-32(5)60(46)49)24-40(62)52-17-18-66-19-20-67-21-22-68-26-41(63)56-45(50(6,7)8)48(65)59-25-37(61)23-39(59)47(64)54-29(2)33-9-11-35(12-10-33)44-30(3)53-27-69-44/h9-16,27,29,37-39,42,45,49,61H,17-26H2,1-8H3,(H,52,62)(H,54,64)(H,56,63)/t29-,37+,38-,39-,42?,45+,49?/m0/s1. The fourth-order valence-electron chi connectivity index (χ4n) is 8.90. The summed E-state index contributed by atoms with van der Waals surface area (Å²) in [6.45, 7) is 16.6. The molecule has 1 saturated heterocycles. The second kappa shape index (κ2) is 23.5. The number of halogens is 1. The fourth-order valence-corrected chi connectivity index (χ4v) is 11.3. The molecule has 0 spiro atoms. The number of carbonyl (C=O) groups is 4. The van der Waals surface area contributed by atoms with E-state index in [2.05, 4.69) is 49.5 Å². The van der Waals surface area contributed by atoms with Crippen LogP contribution in [-0.4, -0.2) is 130 Å². The summed E-state index contributed by atoms with van der Waals surface area (Å²) in [4.78, 5) is 67.3. The number of rotatable bonds is 20. The van der Waals surface area contributed by atoms with Gasteiger partial charge in [-0.2, -0.15) is 0 Å².